The first-order valence-electron chi connectivity index (χ1n) is 3.40. The Morgan fingerprint density at radius 2 is 2.14 bits per heavy atom. The van der Waals surface area contributed by atoms with Crippen molar-refractivity contribution in [3.05, 3.63) is 18.2 Å². The van der Waals surface area contributed by atoms with E-state index in [1.165, 1.54) is 18.2 Å². The first-order chi connectivity index (χ1) is 6.46. The van der Waals surface area contributed by atoms with E-state index < -0.39 is 10.1 Å². The van der Waals surface area contributed by atoms with Crippen molar-refractivity contribution in [2.75, 3.05) is 5.73 Å². The largest absolute Gasteiger partial charge is 0.396 e. The van der Waals surface area contributed by atoms with Gasteiger partial charge in [0.25, 0.3) is 10.1 Å². The maximum absolute atomic E-state index is 10.8. The lowest BCUT2D eigenvalue weighted by Crippen LogP contribution is -2.02. The van der Waals surface area contributed by atoms with Gasteiger partial charge in [0.1, 0.15) is 4.90 Å². The molecule has 0 heterocycles. The zero-order valence-electron chi connectivity index (χ0n) is 6.84. The predicted octanol–water partition coefficient (Wildman–Crippen LogP) is 1.25. The number of isothiocyanates is 1. The molecule has 5 nitrogen and oxygen atoms in total. The van der Waals surface area contributed by atoms with Gasteiger partial charge in [-0.15, -0.1) is 0 Å². The minimum absolute atomic E-state index is 0.146. The molecular weight excluding hydrogens is 224 g/mol. The van der Waals surface area contributed by atoms with E-state index in [9.17, 15) is 8.42 Å². The fourth-order valence-electron chi connectivity index (χ4n) is 0.904. The third-order valence-corrected chi connectivity index (χ3v) is 2.49. The molecule has 0 saturated carbocycles. The van der Waals surface area contributed by atoms with E-state index in [-0.39, 0.29) is 16.3 Å². The second kappa shape index (κ2) is 3.85. The molecule has 0 aromatic heterocycles. The average molecular weight is 230 g/mol. The SMILES string of the molecule is Nc1c(N=C=S)cccc1S(=O)(=O)O. The van der Waals surface area contributed by atoms with Crippen LogP contribution in [0.4, 0.5) is 11.4 Å². The molecule has 0 saturated heterocycles. The second-order valence-corrected chi connectivity index (χ2v) is 3.94. The molecule has 0 radical (unpaired) electrons. The molecule has 1 rings (SSSR count). The van der Waals surface area contributed by atoms with Gasteiger partial charge in [0.2, 0.25) is 0 Å². The summed E-state index contributed by atoms with van der Waals surface area (Å²) < 4.78 is 30.4. The first-order valence-corrected chi connectivity index (χ1v) is 5.25. The summed E-state index contributed by atoms with van der Waals surface area (Å²) in [6.45, 7) is 0. The highest BCUT2D eigenvalue weighted by Crippen LogP contribution is 2.28. The van der Waals surface area contributed by atoms with Crippen LogP contribution in [0.3, 0.4) is 0 Å². The summed E-state index contributed by atoms with van der Waals surface area (Å²) in [5.41, 5.74) is 5.45. The van der Waals surface area contributed by atoms with Crippen LogP contribution < -0.4 is 5.73 Å². The number of thiocarbonyl (C=S) groups is 1. The number of hydrogen-bond donors (Lipinski definition) is 2. The van der Waals surface area contributed by atoms with Gasteiger partial charge in [0.15, 0.2) is 0 Å². The van der Waals surface area contributed by atoms with E-state index >= 15 is 0 Å². The van der Waals surface area contributed by atoms with E-state index in [1.807, 2.05) is 0 Å². The predicted molar refractivity (Wildman–Crippen MR) is 55.4 cm³/mol. The number of hydrogen-bond acceptors (Lipinski definition) is 5. The monoisotopic (exact) mass is 230 g/mol. The molecule has 0 spiro atoms. The number of nitrogens with two attached hydrogens (primary N) is 1. The van der Waals surface area contributed by atoms with Crippen LogP contribution in [-0.4, -0.2) is 18.1 Å². The molecule has 0 aliphatic rings. The molecular formula is C7H6N2O3S2. The summed E-state index contributed by atoms with van der Waals surface area (Å²) in [4.78, 5) is 3.16. The van der Waals surface area contributed by atoms with E-state index in [0.717, 1.165) is 0 Å². The van der Waals surface area contributed by atoms with Gasteiger partial charge in [-0.3, -0.25) is 4.55 Å². The number of anilines is 1. The number of para-hydroxylation sites is 1. The van der Waals surface area contributed by atoms with E-state index in [0.29, 0.717) is 0 Å². The smallest absolute Gasteiger partial charge is 0.296 e. The zero-order valence-corrected chi connectivity index (χ0v) is 8.47. The number of benzene rings is 1. The summed E-state index contributed by atoms with van der Waals surface area (Å²) in [7, 11) is -4.32. The molecule has 0 unspecified atom stereocenters. The van der Waals surface area contributed by atoms with Crippen molar-refractivity contribution >= 4 is 38.9 Å². The van der Waals surface area contributed by atoms with Crippen molar-refractivity contribution in [3.63, 3.8) is 0 Å². The first kappa shape index (κ1) is 10.8. The lowest BCUT2D eigenvalue weighted by molar-refractivity contribution is 0.483. The van der Waals surface area contributed by atoms with Crippen LogP contribution >= 0.6 is 12.2 Å². The van der Waals surface area contributed by atoms with Gasteiger partial charge in [0, 0.05) is 0 Å². The third kappa shape index (κ3) is 2.15. The van der Waals surface area contributed by atoms with Gasteiger partial charge in [-0.1, -0.05) is 6.07 Å². The molecule has 74 valence electrons. The average Bonchev–Trinajstić information content (AvgIpc) is 2.07. The minimum Gasteiger partial charge on any atom is -0.396 e. The number of nitrogen functional groups attached to an aromatic ring is 1. The maximum Gasteiger partial charge on any atom is 0.296 e. The lowest BCUT2D eigenvalue weighted by Gasteiger charge is -2.03. The van der Waals surface area contributed by atoms with Crippen LogP contribution in [0.5, 0.6) is 0 Å². The Labute approximate surface area is 86.0 Å². The van der Waals surface area contributed by atoms with Crippen molar-refractivity contribution < 1.29 is 13.0 Å². The molecule has 3 N–H and O–H groups in total. The molecule has 0 bridgehead atoms. The fourth-order valence-corrected chi connectivity index (χ4v) is 1.64. The fraction of sp³-hybridized carbons (Fsp3) is 0. The van der Waals surface area contributed by atoms with Crippen LogP contribution in [0.15, 0.2) is 28.1 Å². The van der Waals surface area contributed by atoms with Gasteiger partial charge in [-0.2, -0.15) is 13.4 Å². The Hall–Kier alpha value is -1.27. The van der Waals surface area contributed by atoms with E-state index in [2.05, 4.69) is 22.4 Å². The third-order valence-electron chi connectivity index (χ3n) is 1.49. The van der Waals surface area contributed by atoms with Crippen molar-refractivity contribution in [3.8, 4) is 0 Å². The van der Waals surface area contributed by atoms with Crippen LogP contribution in [0.1, 0.15) is 0 Å². The van der Waals surface area contributed by atoms with E-state index in [1.54, 1.807) is 0 Å². The van der Waals surface area contributed by atoms with Crippen LogP contribution in [0, 0.1) is 0 Å². The Bertz CT molecular complexity index is 504. The van der Waals surface area contributed by atoms with Crippen molar-refractivity contribution in [2.45, 2.75) is 4.90 Å². The number of aliphatic imine (C=N–C) groups is 1. The summed E-state index contributed by atoms with van der Waals surface area (Å²) in [6, 6.07) is 4.03. The van der Waals surface area contributed by atoms with Gasteiger partial charge in [-0.05, 0) is 24.4 Å². The highest BCUT2D eigenvalue weighted by molar-refractivity contribution is 7.86. The summed E-state index contributed by atoms with van der Waals surface area (Å²) in [6.07, 6.45) is 0. The van der Waals surface area contributed by atoms with Gasteiger partial charge in [0.05, 0.1) is 16.5 Å². The molecule has 0 aliphatic heterocycles. The highest BCUT2D eigenvalue weighted by atomic mass is 32.2. The van der Waals surface area contributed by atoms with Crippen LogP contribution in [0.25, 0.3) is 0 Å². The topological polar surface area (TPSA) is 92.8 Å². The van der Waals surface area contributed by atoms with E-state index in [4.69, 9.17) is 10.3 Å². The molecule has 0 atom stereocenters. The number of rotatable bonds is 2. The molecule has 7 heteroatoms. The Morgan fingerprint density at radius 1 is 1.50 bits per heavy atom. The summed E-state index contributed by atoms with van der Waals surface area (Å²) in [5, 5.41) is 2.06. The molecule has 1 aromatic carbocycles. The molecule has 1 aromatic rings. The van der Waals surface area contributed by atoms with Crippen molar-refractivity contribution in [1.82, 2.24) is 0 Å². The molecule has 0 aliphatic carbocycles. The molecule has 0 amide bonds. The Balaban J connectivity index is 3.50. The minimum atomic E-state index is -4.32. The van der Waals surface area contributed by atoms with Crippen LogP contribution in [0.2, 0.25) is 0 Å². The number of nitrogens with zero attached hydrogens (tertiary/aromatic N) is 1. The molecule has 0 fully saturated rings. The quantitative estimate of drug-likeness (QED) is 0.345. The normalized spacial score (nSPS) is 10.6. The lowest BCUT2D eigenvalue weighted by atomic mass is 10.3. The van der Waals surface area contributed by atoms with Crippen molar-refractivity contribution in [1.29, 1.82) is 0 Å². The maximum atomic E-state index is 10.8. The second-order valence-electron chi connectivity index (χ2n) is 2.37. The van der Waals surface area contributed by atoms with Gasteiger partial charge < -0.3 is 5.73 Å². The van der Waals surface area contributed by atoms with Crippen LogP contribution in [-0.2, 0) is 10.1 Å². The van der Waals surface area contributed by atoms with Crippen molar-refractivity contribution in [2.24, 2.45) is 4.99 Å². The summed E-state index contributed by atoms with van der Waals surface area (Å²) in [5.74, 6) is 0. The Morgan fingerprint density at radius 3 is 2.64 bits per heavy atom. The Kier molecular flexibility index (Phi) is 2.97. The van der Waals surface area contributed by atoms with Gasteiger partial charge in [-0.25, -0.2) is 0 Å². The summed E-state index contributed by atoms with van der Waals surface area (Å²) >= 11 is 4.35. The molecule has 14 heavy (non-hydrogen) atoms. The standard InChI is InChI=1S/C7H6N2O3S2/c8-7-5(9-4-13)2-1-3-6(7)14(10,11)12/h1-3H,8H2,(H,10,11,12). The highest BCUT2D eigenvalue weighted by Gasteiger charge is 2.15. The van der Waals surface area contributed by atoms with Gasteiger partial charge >= 0.3 is 0 Å². The zero-order chi connectivity index (χ0) is 10.8.